The van der Waals surface area contributed by atoms with E-state index >= 15 is 0 Å². The number of pyridine rings is 1. The largest absolute Gasteiger partial charge is 0.369 e. The van der Waals surface area contributed by atoms with Crippen molar-refractivity contribution in [3.05, 3.63) is 54.0 Å². The highest BCUT2D eigenvalue weighted by Crippen LogP contribution is 2.51. The smallest absolute Gasteiger partial charge is 0.153 e. The first kappa shape index (κ1) is 30.0. The Morgan fingerprint density at radius 1 is 1.05 bits per heavy atom. The van der Waals surface area contributed by atoms with Gasteiger partial charge >= 0.3 is 0 Å². The van der Waals surface area contributed by atoms with Crippen LogP contribution in [0, 0.1) is 22.7 Å². The standard InChI is InChI=1S/C34H40N4O3S2/c1-33(2,3)29-13-10-24(21-36-29)32-37-30(27-7-5-4-6-26(27)28(39)20-34(22-35)14-15-34)31(42-32)23-8-11-25(12-9-23)38-16-18-43(40,41)19-17-38/h8-13,21,26-27H,4-7,14-20H2,1-3H3/t26-,27-/m1/s1. The first-order valence-corrected chi connectivity index (χ1v) is 18.1. The van der Waals surface area contributed by atoms with E-state index in [4.69, 9.17) is 9.97 Å². The summed E-state index contributed by atoms with van der Waals surface area (Å²) in [5.74, 6) is 0.483. The fraction of sp³-hybridized carbons (Fsp3) is 0.529. The molecule has 6 rings (SSSR count). The molecule has 1 aliphatic heterocycles. The lowest BCUT2D eigenvalue weighted by Crippen LogP contribution is -2.40. The molecule has 0 N–H and O–H groups in total. The molecule has 43 heavy (non-hydrogen) atoms. The van der Waals surface area contributed by atoms with Crippen molar-refractivity contribution in [2.24, 2.45) is 11.3 Å². The number of nitrogens with zero attached hydrogens (tertiary/aromatic N) is 4. The van der Waals surface area contributed by atoms with Crippen molar-refractivity contribution in [1.82, 2.24) is 9.97 Å². The predicted octanol–water partition coefficient (Wildman–Crippen LogP) is 6.94. The monoisotopic (exact) mass is 616 g/mol. The van der Waals surface area contributed by atoms with E-state index in [0.717, 1.165) is 76.6 Å². The lowest BCUT2D eigenvalue weighted by Gasteiger charge is -2.31. The lowest BCUT2D eigenvalue weighted by molar-refractivity contribution is -0.125. The van der Waals surface area contributed by atoms with Crippen LogP contribution < -0.4 is 4.90 Å². The predicted molar refractivity (Wildman–Crippen MR) is 172 cm³/mol. The van der Waals surface area contributed by atoms with E-state index in [1.165, 1.54) is 0 Å². The summed E-state index contributed by atoms with van der Waals surface area (Å²) in [5.41, 5.74) is 4.56. The zero-order valence-corrected chi connectivity index (χ0v) is 26.9. The van der Waals surface area contributed by atoms with Crippen LogP contribution in [0.5, 0.6) is 0 Å². The highest BCUT2D eigenvalue weighted by Gasteiger charge is 2.47. The van der Waals surface area contributed by atoms with Crippen molar-refractivity contribution in [3.8, 4) is 27.1 Å². The number of aromatic nitrogens is 2. The number of sulfone groups is 1. The Labute approximate surface area is 259 Å². The number of hydrogen-bond acceptors (Lipinski definition) is 8. The van der Waals surface area contributed by atoms with Crippen molar-refractivity contribution in [2.45, 2.75) is 77.0 Å². The first-order chi connectivity index (χ1) is 20.5. The number of carbonyl (C=O) groups excluding carboxylic acids is 1. The molecular formula is C34H40N4O3S2. The Morgan fingerprint density at radius 3 is 2.33 bits per heavy atom. The summed E-state index contributed by atoms with van der Waals surface area (Å²) in [5, 5.41) is 10.6. The average molecular weight is 617 g/mol. The third-order valence-electron chi connectivity index (χ3n) is 9.41. The van der Waals surface area contributed by atoms with E-state index < -0.39 is 15.3 Å². The van der Waals surface area contributed by atoms with Crippen molar-refractivity contribution >= 4 is 32.6 Å². The van der Waals surface area contributed by atoms with Gasteiger partial charge < -0.3 is 4.90 Å². The Hall–Kier alpha value is -3.09. The summed E-state index contributed by atoms with van der Waals surface area (Å²) in [7, 11) is -2.95. The zero-order valence-electron chi connectivity index (χ0n) is 25.3. The fourth-order valence-corrected chi connectivity index (χ4v) is 8.79. The molecule has 1 aromatic carbocycles. The van der Waals surface area contributed by atoms with Crippen LogP contribution in [0.15, 0.2) is 42.6 Å². The summed E-state index contributed by atoms with van der Waals surface area (Å²) in [6.07, 6.45) is 7.75. The second-order valence-electron chi connectivity index (χ2n) is 13.6. The molecule has 0 radical (unpaired) electrons. The number of anilines is 1. The summed E-state index contributed by atoms with van der Waals surface area (Å²) < 4.78 is 23.9. The molecule has 2 atom stereocenters. The van der Waals surface area contributed by atoms with E-state index in [-0.39, 0.29) is 34.5 Å². The van der Waals surface area contributed by atoms with Crippen LogP contribution in [0.3, 0.4) is 0 Å². The summed E-state index contributed by atoms with van der Waals surface area (Å²) in [6, 6.07) is 14.9. The SMILES string of the molecule is CC(C)(C)c1ccc(-c2nc([C@@H]3CCCC[C@H]3C(=O)CC3(C#N)CC3)c(-c3ccc(N4CCS(=O)(=O)CC4)cc3)s2)cn1. The number of ketones is 1. The molecule has 3 fully saturated rings. The van der Waals surface area contributed by atoms with Gasteiger partial charge in [-0.2, -0.15) is 5.26 Å². The number of hydrogen-bond donors (Lipinski definition) is 0. The van der Waals surface area contributed by atoms with Crippen LogP contribution in [-0.2, 0) is 20.0 Å². The minimum atomic E-state index is -2.95. The van der Waals surface area contributed by atoms with Gasteiger partial charge in [0.25, 0.3) is 0 Å². The molecule has 0 amide bonds. The molecule has 0 spiro atoms. The molecular weight excluding hydrogens is 577 g/mol. The second kappa shape index (κ2) is 11.4. The normalized spacial score (nSPS) is 23.0. The number of rotatable bonds is 7. The maximum Gasteiger partial charge on any atom is 0.153 e. The van der Waals surface area contributed by atoms with Crippen molar-refractivity contribution < 1.29 is 13.2 Å². The van der Waals surface area contributed by atoms with Crippen LogP contribution in [0.4, 0.5) is 5.69 Å². The Bertz CT molecular complexity index is 1630. The average Bonchev–Trinajstić information content (AvgIpc) is 3.63. The quantitative estimate of drug-likeness (QED) is 0.283. The van der Waals surface area contributed by atoms with E-state index in [0.29, 0.717) is 19.5 Å². The molecule has 1 saturated heterocycles. The molecule has 226 valence electrons. The van der Waals surface area contributed by atoms with Gasteiger partial charge in [0.15, 0.2) is 9.84 Å². The van der Waals surface area contributed by atoms with Gasteiger partial charge in [0.05, 0.1) is 33.6 Å². The third-order valence-corrected chi connectivity index (χ3v) is 12.2. The van der Waals surface area contributed by atoms with E-state index in [9.17, 15) is 18.5 Å². The van der Waals surface area contributed by atoms with Gasteiger partial charge in [0.2, 0.25) is 0 Å². The number of nitriles is 1. The van der Waals surface area contributed by atoms with Crippen LogP contribution in [0.25, 0.3) is 21.0 Å². The minimum absolute atomic E-state index is 0.0181. The summed E-state index contributed by atoms with van der Waals surface area (Å²) in [6.45, 7) is 7.47. The first-order valence-electron chi connectivity index (χ1n) is 15.4. The molecule has 7 nitrogen and oxygen atoms in total. The molecule has 0 bridgehead atoms. The molecule has 2 saturated carbocycles. The van der Waals surface area contributed by atoms with E-state index in [2.05, 4.69) is 68.1 Å². The maximum absolute atomic E-state index is 13.7. The van der Waals surface area contributed by atoms with Crippen LogP contribution in [0.2, 0.25) is 0 Å². The Balaban J connectivity index is 1.35. The molecule has 3 aromatic rings. The topological polar surface area (TPSA) is 104 Å². The summed E-state index contributed by atoms with van der Waals surface area (Å²) in [4.78, 5) is 26.9. The van der Waals surface area contributed by atoms with Gasteiger partial charge in [-0.25, -0.2) is 13.4 Å². The number of carbonyl (C=O) groups is 1. The molecule has 3 aliphatic rings. The maximum atomic E-state index is 13.7. The van der Waals surface area contributed by atoms with Crippen LogP contribution in [0.1, 0.15) is 83.0 Å². The highest BCUT2D eigenvalue weighted by molar-refractivity contribution is 7.91. The number of Topliss-reactive ketones (excluding diaryl/α,β-unsaturated/α-hetero) is 1. The fourth-order valence-electron chi connectivity index (χ4n) is 6.46. The summed E-state index contributed by atoms with van der Waals surface area (Å²) >= 11 is 1.65. The van der Waals surface area contributed by atoms with E-state index in [1.54, 1.807) is 11.3 Å². The molecule has 0 unspecified atom stereocenters. The van der Waals surface area contributed by atoms with Gasteiger partial charge in [0.1, 0.15) is 10.8 Å². The van der Waals surface area contributed by atoms with Gasteiger partial charge in [-0.3, -0.25) is 9.78 Å². The van der Waals surface area contributed by atoms with Gasteiger partial charge in [-0.15, -0.1) is 11.3 Å². The van der Waals surface area contributed by atoms with Crippen molar-refractivity contribution in [3.63, 3.8) is 0 Å². The zero-order chi connectivity index (χ0) is 30.4. The van der Waals surface area contributed by atoms with Gasteiger partial charge in [0, 0.05) is 59.9 Å². The van der Waals surface area contributed by atoms with E-state index in [1.807, 2.05) is 6.20 Å². The molecule has 3 heterocycles. The van der Waals surface area contributed by atoms with Crippen LogP contribution in [-0.4, -0.2) is 48.8 Å². The Morgan fingerprint density at radius 2 is 1.72 bits per heavy atom. The molecule has 2 aliphatic carbocycles. The van der Waals surface area contributed by atoms with Gasteiger partial charge in [-0.1, -0.05) is 45.7 Å². The highest BCUT2D eigenvalue weighted by atomic mass is 32.2. The Kier molecular flexibility index (Phi) is 7.97. The second-order valence-corrected chi connectivity index (χ2v) is 16.9. The van der Waals surface area contributed by atoms with Crippen molar-refractivity contribution in [2.75, 3.05) is 29.5 Å². The third kappa shape index (κ3) is 6.41. The van der Waals surface area contributed by atoms with Crippen molar-refractivity contribution in [1.29, 1.82) is 5.26 Å². The minimum Gasteiger partial charge on any atom is -0.369 e. The van der Waals surface area contributed by atoms with Crippen LogP contribution >= 0.6 is 11.3 Å². The molecule has 2 aromatic heterocycles. The molecule has 9 heteroatoms. The number of benzene rings is 1. The number of thiazole rings is 1. The lowest BCUT2D eigenvalue weighted by atomic mass is 9.73. The van der Waals surface area contributed by atoms with Gasteiger partial charge in [-0.05, 0) is 55.5 Å².